The van der Waals surface area contributed by atoms with Crippen molar-refractivity contribution < 1.29 is 76.3 Å². The third-order valence-corrected chi connectivity index (χ3v) is 14.8. The Kier molecular flexibility index (Phi) is 20.5. The van der Waals surface area contributed by atoms with Gasteiger partial charge in [-0.2, -0.15) is 0 Å². The van der Waals surface area contributed by atoms with Gasteiger partial charge >= 0.3 is 47.8 Å². The molecule has 0 atom stereocenters. The molecule has 0 aliphatic carbocycles. The van der Waals surface area contributed by atoms with E-state index in [1.165, 1.54) is 56.7 Å². The summed E-state index contributed by atoms with van der Waals surface area (Å²) < 4.78 is 42.2. The van der Waals surface area contributed by atoms with Gasteiger partial charge in [0.25, 0.3) is 0 Å². The molecule has 20 nitrogen and oxygen atoms in total. The molecule has 0 radical (unpaired) electrons. The first-order valence-electron chi connectivity index (χ1n) is 21.9. The predicted molar refractivity (Wildman–Crippen MR) is 273 cm³/mol. The summed E-state index contributed by atoms with van der Waals surface area (Å²) in [4.78, 5) is 122. The van der Waals surface area contributed by atoms with Crippen molar-refractivity contribution in [2.75, 3.05) is 56.4 Å². The molecule has 0 unspecified atom stereocenters. The molecule has 2 aliphatic heterocycles. The van der Waals surface area contributed by atoms with Crippen molar-refractivity contribution in [2.45, 2.75) is 77.6 Å². The van der Waals surface area contributed by atoms with E-state index in [1.807, 2.05) is 0 Å². The fourth-order valence-corrected chi connectivity index (χ4v) is 10.8. The van der Waals surface area contributed by atoms with Gasteiger partial charge in [-0.15, -0.1) is 0 Å². The molecular formula is C48H50Br4N4O16. The van der Waals surface area contributed by atoms with Crippen LogP contribution in [0, 0.1) is 0 Å². The first-order chi connectivity index (χ1) is 34.3. The molecule has 0 amide bonds. The van der Waals surface area contributed by atoms with E-state index in [2.05, 4.69) is 73.7 Å². The van der Waals surface area contributed by atoms with Gasteiger partial charge in [0.05, 0.1) is 145 Å². The number of allylic oxidation sites excluding steroid dienone is 2. The van der Waals surface area contributed by atoms with Gasteiger partial charge in [-0.25, -0.2) is 9.97 Å². The highest BCUT2D eigenvalue weighted by Gasteiger charge is 2.34. The normalized spacial score (nSPS) is 12.1. The fraction of sp³-hybridized carbons (Fsp3) is 0.417. The molecule has 2 aliphatic rings. The molecule has 3 aromatic heterocycles. The minimum absolute atomic E-state index is 0.00559. The van der Waals surface area contributed by atoms with Crippen LogP contribution in [0.25, 0.3) is 44.4 Å². The Bertz CT molecular complexity index is 2970. The summed E-state index contributed by atoms with van der Waals surface area (Å²) in [5.74, 6) is -4.96. The standard InChI is InChI=1S/C48H50Br4N4O16/c1-21(57)72-16-15-25-29(20-36(64)71-8)48-40(52)47-28(19-35(63)70-7)24(11-14-32(60)67-4)43(55-47)39(51)46-27(18-34(62)69-6)23(10-13-31(59)66-3)42(54-46)38(50)45-26(17-33(61)68-5)22(9-12-30(58)65-2)41(53-45)37(49)44(25)56-48/h53,56H,9-20H2,1-8H3. The van der Waals surface area contributed by atoms with Crippen LogP contribution in [0.3, 0.4) is 0 Å². The second-order valence-corrected chi connectivity index (χ2v) is 19.0. The molecule has 0 spiro atoms. The lowest BCUT2D eigenvalue weighted by molar-refractivity contribution is -0.141. The summed E-state index contributed by atoms with van der Waals surface area (Å²) in [7, 11) is 8.58. The Morgan fingerprint density at radius 1 is 0.389 bits per heavy atom. The molecule has 8 bridgehead atoms. The summed E-state index contributed by atoms with van der Waals surface area (Å²) in [6, 6.07) is 0. The van der Waals surface area contributed by atoms with Crippen molar-refractivity contribution in [3.05, 3.63) is 62.9 Å². The lowest BCUT2D eigenvalue weighted by Crippen LogP contribution is -2.09. The van der Waals surface area contributed by atoms with Crippen LogP contribution in [0.2, 0.25) is 0 Å². The SMILES string of the molecule is COC(=O)CCC1=C(CC(=O)OC)c2nc1c(Br)c1nc(c(Br)c3[nH]c(c(CCC(=O)OC)c3CC(=O)OC)c(Br)c3[nH]c(c2Br)c(CC(=O)OC)c3CCOC(C)=O)C(CCC(=O)OC)=C1CC(=O)OC. The maximum atomic E-state index is 13.5. The Morgan fingerprint density at radius 3 is 1.10 bits per heavy atom. The predicted octanol–water partition coefficient (Wildman–Crippen LogP) is 7.86. The highest BCUT2D eigenvalue weighted by atomic mass is 79.9. The van der Waals surface area contributed by atoms with Crippen LogP contribution in [0.1, 0.15) is 96.9 Å². The summed E-state index contributed by atoms with van der Waals surface area (Å²) in [5.41, 5.74) is 4.81. The number of aromatic amines is 2. The van der Waals surface area contributed by atoms with Crippen molar-refractivity contribution in [2.24, 2.45) is 0 Å². The van der Waals surface area contributed by atoms with Gasteiger partial charge in [0.15, 0.2) is 0 Å². The van der Waals surface area contributed by atoms with Crippen LogP contribution < -0.4 is 0 Å². The lowest BCUT2D eigenvalue weighted by Gasteiger charge is -2.11. The zero-order chi connectivity index (χ0) is 53.1. The second-order valence-electron chi connectivity index (χ2n) is 15.8. The summed E-state index contributed by atoms with van der Waals surface area (Å²) in [5, 5.41) is 0. The molecule has 386 valence electrons. The zero-order valence-electron chi connectivity index (χ0n) is 40.4. The van der Waals surface area contributed by atoms with Crippen LogP contribution in [0.5, 0.6) is 0 Å². The van der Waals surface area contributed by atoms with E-state index in [0.717, 1.165) is 0 Å². The van der Waals surface area contributed by atoms with Crippen molar-refractivity contribution in [3.8, 4) is 0 Å². The van der Waals surface area contributed by atoms with Gasteiger partial charge in [0.2, 0.25) is 0 Å². The lowest BCUT2D eigenvalue weighted by atomic mass is 9.95. The molecule has 72 heavy (non-hydrogen) atoms. The van der Waals surface area contributed by atoms with E-state index < -0.39 is 47.8 Å². The van der Waals surface area contributed by atoms with E-state index in [1.54, 1.807) is 0 Å². The number of rotatable bonds is 20. The Balaban J connectivity index is 2.25. The van der Waals surface area contributed by atoms with Crippen LogP contribution in [0.4, 0.5) is 0 Å². The maximum absolute atomic E-state index is 13.5. The van der Waals surface area contributed by atoms with Gasteiger partial charge in [-0.3, -0.25) is 38.4 Å². The molecule has 0 fully saturated rings. The number of aromatic nitrogens is 4. The van der Waals surface area contributed by atoms with Gasteiger partial charge < -0.3 is 47.9 Å². The van der Waals surface area contributed by atoms with Gasteiger partial charge in [-0.05, 0) is 128 Å². The first kappa shape index (κ1) is 57.2. The number of esters is 8. The molecule has 2 N–H and O–H groups in total. The molecule has 0 aromatic carbocycles. The van der Waals surface area contributed by atoms with Crippen LogP contribution in [-0.2, 0) is 102 Å². The number of nitrogens with one attached hydrogen (secondary N) is 2. The number of halogens is 4. The molecule has 0 saturated carbocycles. The molecule has 3 aromatic rings. The summed E-state index contributed by atoms with van der Waals surface area (Å²) in [6.45, 7) is 1.10. The number of carbonyl (C=O) groups is 8. The Hall–Kier alpha value is -5.72. The van der Waals surface area contributed by atoms with E-state index in [9.17, 15) is 38.4 Å². The number of carbonyl (C=O) groups excluding carboxylic acids is 8. The smallest absolute Gasteiger partial charge is 0.310 e. The number of ether oxygens (including phenoxy) is 8. The monoisotopic (exact) mass is 1250 g/mol. The third kappa shape index (κ3) is 12.9. The number of fused-ring (bicyclic) bond motifs is 8. The largest absolute Gasteiger partial charge is 0.469 e. The fourth-order valence-electron chi connectivity index (χ4n) is 8.18. The van der Waals surface area contributed by atoms with Crippen molar-refractivity contribution >= 4 is 156 Å². The maximum Gasteiger partial charge on any atom is 0.310 e. The number of aryl methyl sites for hydroxylation is 1. The Morgan fingerprint density at radius 2 is 0.708 bits per heavy atom. The van der Waals surface area contributed by atoms with Gasteiger partial charge in [0.1, 0.15) is 0 Å². The van der Waals surface area contributed by atoms with Crippen molar-refractivity contribution in [1.82, 2.24) is 19.9 Å². The van der Waals surface area contributed by atoms with E-state index in [0.29, 0.717) is 60.1 Å². The van der Waals surface area contributed by atoms with Crippen molar-refractivity contribution in [1.29, 1.82) is 0 Å². The average Bonchev–Trinajstić information content (AvgIpc) is 4.13. The number of hydrogen-bond donors (Lipinski definition) is 2. The summed E-state index contributed by atoms with van der Waals surface area (Å²) >= 11 is 15.2. The summed E-state index contributed by atoms with van der Waals surface area (Å²) in [6.07, 6.45) is -2.04. The topological polar surface area (TPSA) is 268 Å². The quantitative estimate of drug-likeness (QED) is 0.0805. The third-order valence-electron chi connectivity index (χ3n) is 11.7. The first-order valence-corrected chi connectivity index (χ1v) is 25.0. The second kappa shape index (κ2) is 25.8. The zero-order valence-corrected chi connectivity index (χ0v) is 46.8. The molecule has 5 heterocycles. The number of nitrogens with zero attached hydrogens (tertiary/aromatic N) is 2. The number of methoxy groups -OCH3 is 7. The highest BCUT2D eigenvalue weighted by Crippen LogP contribution is 2.48. The Labute approximate surface area is 446 Å². The van der Waals surface area contributed by atoms with Crippen molar-refractivity contribution in [3.63, 3.8) is 0 Å². The van der Waals surface area contributed by atoms with E-state index >= 15 is 0 Å². The van der Waals surface area contributed by atoms with Crippen LogP contribution >= 0.6 is 63.7 Å². The molecule has 24 heteroatoms. The highest BCUT2D eigenvalue weighted by molar-refractivity contribution is 9.11. The molecule has 0 saturated heterocycles. The minimum atomic E-state index is -0.677. The van der Waals surface area contributed by atoms with Gasteiger partial charge in [0, 0.05) is 32.6 Å². The molecule has 5 rings (SSSR count). The number of hydrogen-bond acceptors (Lipinski definition) is 18. The van der Waals surface area contributed by atoms with Crippen LogP contribution in [0.15, 0.2) is 17.9 Å². The van der Waals surface area contributed by atoms with E-state index in [-0.39, 0.29) is 124 Å². The number of H-pyrrole nitrogens is 2. The minimum Gasteiger partial charge on any atom is -0.469 e. The van der Waals surface area contributed by atoms with E-state index in [4.69, 9.17) is 47.9 Å². The van der Waals surface area contributed by atoms with Crippen LogP contribution in [-0.4, -0.2) is 124 Å². The average molecular weight is 1260 g/mol. The molecular weight excluding hydrogens is 1210 g/mol. The van der Waals surface area contributed by atoms with Gasteiger partial charge in [-0.1, -0.05) is 0 Å².